The van der Waals surface area contributed by atoms with Crippen LogP contribution >= 0.6 is 11.8 Å². The van der Waals surface area contributed by atoms with E-state index in [0.717, 1.165) is 17.0 Å². The molecule has 0 spiro atoms. The first-order chi connectivity index (χ1) is 14.6. The molecule has 1 amide bonds. The minimum absolute atomic E-state index is 0.0437. The van der Waals surface area contributed by atoms with E-state index in [4.69, 9.17) is 9.47 Å². The van der Waals surface area contributed by atoms with E-state index in [2.05, 4.69) is 26.1 Å². The Morgan fingerprint density at radius 2 is 2.00 bits per heavy atom. The largest absolute Gasteiger partial charge is 0.497 e. The number of hydrazone groups is 1. The van der Waals surface area contributed by atoms with E-state index in [1.54, 1.807) is 18.0 Å². The number of methoxy groups -OCH3 is 1. The number of nitrogens with one attached hydrogen (secondary N) is 1. The summed E-state index contributed by atoms with van der Waals surface area (Å²) >= 11 is 1.21. The molecule has 10 heteroatoms. The van der Waals surface area contributed by atoms with Crippen LogP contribution < -0.4 is 14.9 Å². The highest BCUT2D eigenvalue weighted by atomic mass is 32.2. The fourth-order valence-corrected chi connectivity index (χ4v) is 3.12. The smallest absolute Gasteiger partial charge is 0.250 e. The highest BCUT2D eigenvalue weighted by Crippen LogP contribution is 2.20. The van der Waals surface area contributed by atoms with Gasteiger partial charge in [0, 0.05) is 5.56 Å². The molecule has 156 valence electrons. The highest BCUT2D eigenvalue weighted by molar-refractivity contribution is 7.99. The number of thioether (sulfide) groups is 1. The van der Waals surface area contributed by atoms with Crippen molar-refractivity contribution >= 4 is 23.9 Å². The lowest BCUT2D eigenvalue weighted by atomic mass is 10.2. The van der Waals surface area contributed by atoms with Crippen molar-refractivity contribution in [3.05, 3.63) is 54.1 Å². The first kappa shape index (κ1) is 21.3. The van der Waals surface area contributed by atoms with E-state index in [9.17, 15) is 4.79 Å². The Bertz CT molecular complexity index is 1000. The van der Waals surface area contributed by atoms with Gasteiger partial charge < -0.3 is 9.47 Å². The number of para-hydroxylation sites is 1. The van der Waals surface area contributed by atoms with Gasteiger partial charge in [0.05, 0.1) is 30.9 Å². The molecule has 3 rings (SSSR count). The van der Waals surface area contributed by atoms with E-state index in [-0.39, 0.29) is 17.8 Å². The summed E-state index contributed by atoms with van der Waals surface area (Å²) in [6, 6.07) is 14.8. The SMILES string of the molecule is COc1ccc(-n2nnnc2SCC(=O)NN=Cc2ccccc2OC(C)C)cc1. The van der Waals surface area contributed by atoms with Gasteiger partial charge in [-0.05, 0) is 60.7 Å². The van der Waals surface area contributed by atoms with Crippen molar-refractivity contribution in [3.8, 4) is 17.2 Å². The molecular formula is C20H22N6O3S. The molecule has 0 bridgehead atoms. The minimum Gasteiger partial charge on any atom is -0.497 e. The molecule has 0 saturated carbocycles. The summed E-state index contributed by atoms with van der Waals surface area (Å²) in [5, 5.41) is 16.2. The number of carbonyl (C=O) groups excluding carboxylic acids is 1. The lowest BCUT2D eigenvalue weighted by Crippen LogP contribution is -2.20. The van der Waals surface area contributed by atoms with E-state index in [1.807, 2.05) is 62.4 Å². The molecule has 0 aliphatic carbocycles. The van der Waals surface area contributed by atoms with Gasteiger partial charge in [0.25, 0.3) is 5.91 Å². The van der Waals surface area contributed by atoms with Crippen LogP contribution in [0.1, 0.15) is 19.4 Å². The van der Waals surface area contributed by atoms with Crippen LogP contribution in [0.15, 0.2) is 58.8 Å². The first-order valence-corrected chi connectivity index (χ1v) is 10.2. The Morgan fingerprint density at radius 1 is 1.23 bits per heavy atom. The van der Waals surface area contributed by atoms with Gasteiger partial charge in [0.15, 0.2) is 0 Å². The molecule has 0 aliphatic rings. The van der Waals surface area contributed by atoms with Crippen LogP contribution in [-0.4, -0.2) is 51.3 Å². The number of amides is 1. The van der Waals surface area contributed by atoms with Crippen molar-refractivity contribution in [1.29, 1.82) is 0 Å². The second kappa shape index (κ2) is 10.4. The number of benzene rings is 2. The van der Waals surface area contributed by atoms with Crippen molar-refractivity contribution in [1.82, 2.24) is 25.6 Å². The minimum atomic E-state index is -0.275. The number of tetrazole rings is 1. The average Bonchev–Trinajstić information content (AvgIpc) is 3.22. The Labute approximate surface area is 178 Å². The van der Waals surface area contributed by atoms with Crippen LogP contribution in [0.25, 0.3) is 5.69 Å². The maximum Gasteiger partial charge on any atom is 0.250 e. The van der Waals surface area contributed by atoms with Crippen LogP contribution in [0.2, 0.25) is 0 Å². The molecule has 0 radical (unpaired) electrons. The standard InChI is InChI=1S/C20H22N6O3S/c1-14(2)29-18-7-5-4-6-15(18)12-21-22-19(27)13-30-20-23-24-25-26(20)16-8-10-17(28-3)11-9-16/h4-12,14H,13H2,1-3H3,(H,22,27). The van der Waals surface area contributed by atoms with Crippen molar-refractivity contribution in [2.24, 2.45) is 5.10 Å². The second-order valence-electron chi connectivity index (χ2n) is 6.36. The van der Waals surface area contributed by atoms with Crippen molar-refractivity contribution in [3.63, 3.8) is 0 Å². The van der Waals surface area contributed by atoms with Crippen LogP contribution in [0, 0.1) is 0 Å². The third kappa shape index (κ3) is 5.80. The molecule has 1 N–H and O–H groups in total. The van der Waals surface area contributed by atoms with E-state index in [1.165, 1.54) is 11.8 Å². The first-order valence-electron chi connectivity index (χ1n) is 9.20. The normalized spacial score (nSPS) is 11.1. The van der Waals surface area contributed by atoms with Crippen LogP contribution in [0.4, 0.5) is 0 Å². The van der Waals surface area contributed by atoms with E-state index in [0.29, 0.717) is 10.9 Å². The van der Waals surface area contributed by atoms with Crippen molar-refractivity contribution in [2.75, 3.05) is 12.9 Å². The van der Waals surface area contributed by atoms with Crippen LogP contribution in [0.3, 0.4) is 0 Å². The van der Waals surface area contributed by atoms with Gasteiger partial charge in [-0.25, -0.2) is 5.43 Å². The summed E-state index contributed by atoms with van der Waals surface area (Å²) in [7, 11) is 1.60. The maximum atomic E-state index is 12.2. The summed E-state index contributed by atoms with van der Waals surface area (Å²) in [6.45, 7) is 3.90. The van der Waals surface area contributed by atoms with Crippen LogP contribution in [-0.2, 0) is 4.79 Å². The van der Waals surface area contributed by atoms with E-state index >= 15 is 0 Å². The predicted molar refractivity (Wildman–Crippen MR) is 114 cm³/mol. The van der Waals surface area contributed by atoms with Gasteiger partial charge in [-0.2, -0.15) is 9.78 Å². The van der Waals surface area contributed by atoms with Gasteiger partial charge in [-0.1, -0.05) is 23.9 Å². The zero-order valence-electron chi connectivity index (χ0n) is 16.8. The summed E-state index contributed by atoms with van der Waals surface area (Å²) in [5.41, 5.74) is 4.06. The molecule has 9 nitrogen and oxygen atoms in total. The molecule has 3 aromatic rings. The number of aromatic nitrogens is 4. The third-order valence-electron chi connectivity index (χ3n) is 3.76. The fourth-order valence-electron chi connectivity index (χ4n) is 2.44. The summed E-state index contributed by atoms with van der Waals surface area (Å²) in [5.74, 6) is 1.28. The Hall–Kier alpha value is -3.40. The maximum absolute atomic E-state index is 12.2. The van der Waals surface area contributed by atoms with E-state index < -0.39 is 0 Å². The lowest BCUT2D eigenvalue weighted by Gasteiger charge is -2.11. The molecule has 0 unspecified atom stereocenters. The van der Waals surface area contributed by atoms with Crippen molar-refractivity contribution < 1.29 is 14.3 Å². The zero-order chi connectivity index (χ0) is 21.3. The Balaban J connectivity index is 1.56. The highest BCUT2D eigenvalue weighted by Gasteiger charge is 2.11. The molecule has 0 saturated heterocycles. The summed E-state index contributed by atoms with van der Waals surface area (Å²) < 4.78 is 12.4. The molecule has 0 fully saturated rings. The Morgan fingerprint density at radius 3 is 2.73 bits per heavy atom. The lowest BCUT2D eigenvalue weighted by molar-refractivity contribution is -0.118. The molecule has 30 heavy (non-hydrogen) atoms. The fraction of sp³-hybridized carbons (Fsp3) is 0.250. The number of carbonyl (C=O) groups is 1. The second-order valence-corrected chi connectivity index (χ2v) is 7.30. The number of nitrogens with zero attached hydrogens (tertiary/aromatic N) is 5. The van der Waals surface area contributed by atoms with Gasteiger partial charge >= 0.3 is 0 Å². The van der Waals surface area contributed by atoms with Gasteiger partial charge in [0.1, 0.15) is 11.5 Å². The van der Waals surface area contributed by atoms with Gasteiger partial charge in [-0.3, -0.25) is 4.79 Å². The van der Waals surface area contributed by atoms with Crippen LogP contribution in [0.5, 0.6) is 11.5 Å². The number of rotatable bonds is 9. The zero-order valence-corrected chi connectivity index (χ0v) is 17.7. The predicted octanol–water partition coefficient (Wildman–Crippen LogP) is 2.70. The topological polar surface area (TPSA) is 104 Å². The monoisotopic (exact) mass is 426 g/mol. The van der Waals surface area contributed by atoms with Gasteiger partial charge in [0.2, 0.25) is 5.16 Å². The number of hydrogen-bond acceptors (Lipinski definition) is 8. The average molecular weight is 427 g/mol. The van der Waals surface area contributed by atoms with Gasteiger partial charge in [-0.15, -0.1) is 5.10 Å². The number of ether oxygens (including phenoxy) is 2. The molecular weight excluding hydrogens is 404 g/mol. The molecule has 2 aromatic carbocycles. The molecule has 0 atom stereocenters. The summed E-state index contributed by atoms with van der Waals surface area (Å²) in [6.07, 6.45) is 1.60. The third-order valence-corrected chi connectivity index (χ3v) is 4.68. The molecule has 0 aliphatic heterocycles. The quantitative estimate of drug-likeness (QED) is 0.319. The summed E-state index contributed by atoms with van der Waals surface area (Å²) in [4.78, 5) is 12.2. The Kier molecular flexibility index (Phi) is 7.39. The number of hydrogen-bond donors (Lipinski definition) is 1. The van der Waals surface area contributed by atoms with Crippen molar-refractivity contribution in [2.45, 2.75) is 25.1 Å². The molecule has 1 aromatic heterocycles. The molecule has 1 heterocycles.